The first-order chi connectivity index (χ1) is 8.37. The summed E-state index contributed by atoms with van der Waals surface area (Å²) in [6.45, 7) is 2.27. The summed E-state index contributed by atoms with van der Waals surface area (Å²) in [5.41, 5.74) is 0. The van der Waals surface area contributed by atoms with Crippen LogP contribution in [0.3, 0.4) is 0 Å². The van der Waals surface area contributed by atoms with Gasteiger partial charge in [0.15, 0.2) is 0 Å². The molecule has 0 aliphatic heterocycles. The Morgan fingerprint density at radius 3 is 2.56 bits per heavy atom. The maximum absolute atomic E-state index is 11.8. The number of sulfonamides is 1. The predicted molar refractivity (Wildman–Crippen MR) is 69.9 cm³/mol. The first-order valence-corrected chi connectivity index (χ1v) is 7.12. The van der Waals surface area contributed by atoms with Crippen LogP contribution in [-0.4, -0.2) is 49.6 Å². The van der Waals surface area contributed by atoms with Crippen LogP contribution >= 0.6 is 0 Å². The quantitative estimate of drug-likeness (QED) is 0.789. The molecule has 1 rings (SSSR count). The van der Waals surface area contributed by atoms with Crippen molar-refractivity contribution >= 4 is 15.8 Å². The van der Waals surface area contributed by atoms with Crippen molar-refractivity contribution in [3.05, 3.63) is 18.3 Å². The molecule has 0 saturated carbocycles. The van der Waals surface area contributed by atoms with Crippen molar-refractivity contribution in [1.29, 1.82) is 0 Å². The van der Waals surface area contributed by atoms with E-state index in [1.54, 1.807) is 6.07 Å². The molecule has 1 aromatic rings. The summed E-state index contributed by atoms with van der Waals surface area (Å²) in [6, 6.07) is 3.07. The van der Waals surface area contributed by atoms with Gasteiger partial charge < -0.3 is 10.4 Å². The van der Waals surface area contributed by atoms with Gasteiger partial charge in [-0.1, -0.05) is 6.92 Å². The van der Waals surface area contributed by atoms with E-state index in [1.165, 1.54) is 26.4 Å². The lowest BCUT2D eigenvalue weighted by atomic mass is 10.3. The molecule has 1 unspecified atom stereocenters. The molecule has 102 valence electrons. The van der Waals surface area contributed by atoms with Gasteiger partial charge in [-0.05, 0) is 18.6 Å². The monoisotopic (exact) mass is 273 g/mol. The molecular formula is C11H19N3O3S. The highest BCUT2D eigenvalue weighted by atomic mass is 32.2. The molecule has 0 aliphatic rings. The lowest BCUT2D eigenvalue weighted by Gasteiger charge is -2.12. The van der Waals surface area contributed by atoms with Gasteiger partial charge in [-0.3, -0.25) is 0 Å². The van der Waals surface area contributed by atoms with E-state index in [0.717, 1.165) is 4.31 Å². The molecule has 0 amide bonds. The normalized spacial score (nSPS) is 13.6. The van der Waals surface area contributed by atoms with Gasteiger partial charge in [0.2, 0.25) is 10.0 Å². The highest BCUT2D eigenvalue weighted by molar-refractivity contribution is 7.89. The van der Waals surface area contributed by atoms with Gasteiger partial charge in [0.25, 0.3) is 0 Å². The maximum Gasteiger partial charge on any atom is 0.244 e. The Morgan fingerprint density at radius 2 is 2.11 bits per heavy atom. The van der Waals surface area contributed by atoms with Gasteiger partial charge in [-0.15, -0.1) is 0 Å². The smallest absolute Gasteiger partial charge is 0.244 e. The molecule has 1 atom stereocenters. The molecule has 0 spiro atoms. The molecule has 1 heterocycles. The van der Waals surface area contributed by atoms with E-state index in [4.69, 9.17) is 0 Å². The molecule has 7 heteroatoms. The Hall–Kier alpha value is -1.18. The standard InChI is InChI=1S/C11H19N3O3S/c1-4-9(15)7-12-11-6-5-10(8-13-11)18(16,17)14(2)3/h5-6,8-9,15H,4,7H2,1-3H3,(H,12,13). The largest absolute Gasteiger partial charge is 0.391 e. The number of pyridine rings is 1. The topological polar surface area (TPSA) is 82.5 Å². The predicted octanol–water partition coefficient (Wildman–Crippen LogP) is 0.515. The molecule has 0 radical (unpaired) electrons. The number of aliphatic hydroxyl groups is 1. The van der Waals surface area contributed by atoms with Crippen molar-refractivity contribution in [3.8, 4) is 0 Å². The Kier molecular flexibility index (Phi) is 5.06. The zero-order valence-corrected chi connectivity index (χ0v) is 11.6. The number of hydrogen-bond acceptors (Lipinski definition) is 5. The minimum Gasteiger partial charge on any atom is -0.391 e. The van der Waals surface area contributed by atoms with Gasteiger partial charge in [0, 0.05) is 26.8 Å². The average Bonchev–Trinajstić information content (AvgIpc) is 2.36. The van der Waals surface area contributed by atoms with Crippen LogP contribution in [0.15, 0.2) is 23.2 Å². The Bertz CT molecular complexity index is 471. The summed E-state index contributed by atoms with van der Waals surface area (Å²) in [5, 5.41) is 12.3. The second-order valence-corrected chi connectivity index (χ2v) is 6.26. The van der Waals surface area contributed by atoms with E-state index in [0.29, 0.717) is 18.8 Å². The van der Waals surface area contributed by atoms with Gasteiger partial charge in [0.1, 0.15) is 10.7 Å². The molecule has 0 fully saturated rings. The number of hydrogen-bond donors (Lipinski definition) is 2. The van der Waals surface area contributed by atoms with Gasteiger partial charge in [0.05, 0.1) is 6.10 Å². The van der Waals surface area contributed by atoms with Crippen molar-refractivity contribution in [3.63, 3.8) is 0 Å². The van der Waals surface area contributed by atoms with Crippen molar-refractivity contribution in [2.24, 2.45) is 0 Å². The first kappa shape index (κ1) is 14.9. The second-order valence-electron chi connectivity index (χ2n) is 4.11. The maximum atomic E-state index is 11.8. The second kappa shape index (κ2) is 6.12. The minimum absolute atomic E-state index is 0.147. The number of nitrogens with zero attached hydrogens (tertiary/aromatic N) is 2. The van der Waals surface area contributed by atoms with Gasteiger partial charge in [-0.25, -0.2) is 17.7 Å². The molecule has 2 N–H and O–H groups in total. The third kappa shape index (κ3) is 3.66. The fraction of sp³-hybridized carbons (Fsp3) is 0.545. The Morgan fingerprint density at radius 1 is 1.44 bits per heavy atom. The highest BCUT2D eigenvalue weighted by Gasteiger charge is 2.17. The van der Waals surface area contributed by atoms with Crippen LogP contribution in [0.4, 0.5) is 5.82 Å². The van der Waals surface area contributed by atoms with Gasteiger partial charge in [-0.2, -0.15) is 0 Å². The molecule has 18 heavy (non-hydrogen) atoms. The van der Waals surface area contributed by atoms with Crippen LogP contribution in [0.2, 0.25) is 0 Å². The zero-order chi connectivity index (χ0) is 13.8. The van der Waals surface area contributed by atoms with Gasteiger partial charge >= 0.3 is 0 Å². The van der Waals surface area contributed by atoms with E-state index < -0.39 is 16.1 Å². The van der Waals surface area contributed by atoms with Crippen LogP contribution in [0, 0.1) is 0 Å². The Labute approximate surface area is 108 Å². The zero-order valence-electron chi connectivity index (χ0n) is 10.8. The molecule has 0 bridgehead atoms. The third-order valence-electron chi connectivity index (χ3n) is 2.50. The number of aromatic nitrogens is 1. The summed E-state index contributed by atoms with van der Waals surface area (Å²) >= 11 is 0. The van der Waals surface area contributed by atoms with E-state index in [2.05, 4.69) is 10.3 Å². The number of rotatable bonds is 6. The number of aliphatic hydroxyl groups excluding tert-OH is 1. The fourth-order valence-corrected chi connectivity index (χ4v) is 2.06. The SMILES string of the molecule is CCC(O)CNc1ccc(S(=O)(=O)N(C)C)cn1. The van der Waals surface area contributed by atoms with Crippen LogP contribution in [0.25, 0.3) is 0 Å². The van der Waals surface area contributed by atoms with Crippen molar-refractivity contribution in [2.45, 2.75) is 24.3 Å². The van der Waals surface area contributed by atoms with E-state index in [1.807, 2.05) is 6.92 Å². The summed E-state index contributed by atoms with van der Waals surface area (Å²) in [7, 11) is -0.493. The third-order valence-corrected chi connectivity index (χ3v) is 4.30. The van der Waals surface area contributed by atoms with Crippen LogP contribution in [-0.2, 0) is 10.0 Å². The number of anilines is 1. The first-order valence-electron chi connectivity index (χ1n) is 5.68. The van der Waals surface area contributed by atoms with E-state index in [-0.39, 0.29) is 4.90 Å². The summed E-state index contributed by atoms with van der Waals surface area (Å²) < 4.78 is 24.7. The molecule has 6 nitrogen and oxygen atoms in total. The molecular weight excluding hydrogens is 254 g/mol. The van der Waals surface area contributed by atoms with E-state index >= 15 is 0 Å². The lowest BCUT2D eigenvalue weighted by Crippen LogP contribution is -2.22. The van der Waals surface area contributed by atoms with E-state index in [9.17, 15) is 13.5 Å². The van der Waals surface area contributed by atoms with Crippen molar-refractivity contribution in [2.75, 3.05) is 26.0 Å². The highest BCUT2D eigenvalue weighted by Crippen LogP contribution is 2.13. The van der Waals surface area contributed by atoms with Crippen LogP contribution < -0.4 is 5.32 Å². The van der Waals surface area contributed by atoms with Crippen molar-refractivity contribution in [1.82, 2.24) is 9.29 Å². The molecule has 0 aromatic carbocycles. The van der Waals surface area contributed by atoms with Crippen LogP contribution in [0.5, 0.6) is 0 Å². The Balaban J connectivity index is 2.75. The minimum atomic E-state index is -3.44. The summed E-state index contributed by atoms with van der Waals surface area (Å²) in [5.74, 6) is 0.542. The molecule has 0 saturated heterocycles. The van der Waals surface area contributed by atoms with Crippen molar-refractivity contribution < 1.29 is 13.5 Å². The average molecular weight is 273 g/mol. The van der Waals surface area contributed by atoms with Crippen LogP contribution in [0.1, 0.15) is 13.3 Å². The summed E-state index contributed by atoms with van der Waals surface area (Å²) in [6.07, 6.45) is 1.52. The molecule has 1 aromatic heterocycles. The summed E-state index contributed by atoms with van der Waals surface area (Å²) in [4.78, 5) is 4.15. The number of nitrogens with one attached hydrogen (secondary N) is 1. The lowest BCUT2D eigenvalue weighted by molar-refractivity contribution is 0.183. The fourth-order valence-electron chi connectivity index (χ4n) is 1.21. The molecule has 0 aliphatic carbocycles.